The van der Waals surface area contributed by atoms with E-state index in [2.05, 4.69) is 4.98 Å². The number of rotatable bonds is 4. The van der Waals surface area contributed by atoms with Gasteiger partial charge in [0.2, 0.25) is 5.89 Å². The maximum absolute atomic E-state index is 10.6. The third-order valence-electron chi connectivity index (χ3n) is 2.14. The van der Waals surface area contributed by atoms with Crippen LogP contribution in [0.4, 0.5) is 0 Å². The Morgan fingerprint density at radius 1 is 1.56 bits per heavy atom. The van der Waals surface area contributed by atoms with E-state index in [0.29, 0.717) is 11.6 Å². The number of nitrogens with zero attached hydrogens (tertiary/aromatic N) is 1. The summed E-state index contributed by atoms with van der Waals surface area (Å²) in [6, 6.07) is 7.48. The Hall–Kier alpha value is -1.49. The van der Waals surface area contributed by atoms with E-state index in [0.717, 1.165) is 11.1 Å². The van der Waals surface area contributed by atoms with Crippen LogP contribution in [0.2, 0.25) is 0 Å². The topological polar surface area (TPSA) is 63.3 Å². The highest BCUT2D eigenvalue weighted by molar-refractivity contribution is 7.99. The van der Waals surface area contributed by atoms with Crippen LogP contribution >= 0.6 is 11.8 Å². The van der Waals surface area contributed by atoms with Gasteiger partial charge in [-0.2, -0.15) is 0 Å². The Kier molecular flexibility index (Phi) is 3.14. The fourth-order valence-corrected chi connectivity index (χ4v) is 1.91. The number of oxazole rings is 1. The van der Waals surface area contributed by atoms with Crippen molar-refractivity contribution in [2.75, 3.05) is 0 Å². The average Bonchev–Trinajstić information content (AvgIpc) is 2.68. The van der Waals surface area contributed by atoms with Gasteiger partial charge in [-0.05, 0) is 19.1 Å². The van der Waals surface area contributed by atoms with Crippen LogP contribution < -0.4 is 0 Å². The van der Waals surface area contributed by atoms with Crippen molar-refractivity contribution in [3.63, 3.8) is 0 Å². The minimum absolute atomic E-state index is 0.449. The molecule has 1 heterocycles. The van der Waals surface area contributed by atoms with Gasteiger partial charge < -0.3 is 9.52 Å². The SMILES string of the molecule is CC(SCc1nc2ccccc2o1)C(=O)O. The van der Waals surface area contributed by atoms with E-state index in [9.17, 15) is 4.79 Å². The molecule has 5 heteroatoms. The van der Waals surface area contributed by atoms with E-state index in [1.807, 2.05) is 24.3 Å². The van der Waals surface area contributed by atoms with E-state index in [-0.39, 0.29) is 0 Å². The Labute approximate surface area is 96.7 Å². The maximum Gasteiger partial charge on any atom is 0.316 e. The highest BCUT2D eigenvalue weighted by Crippen LogP contribution is 2.21. The number of aromatic nitrogens is 1. The van der Waals surface area contributed by atoms with Gasteiger partial charge in [0.05, 0.1) is 11.0 Å². The van der Waals surface area contributed by atoms with Gasteiger partial charge in [0.25, 0.3) is 0 Å². The van der Waals surface area contributed by atoms with Crippen LogP contribution in [0.1, 0.15) is 12.8 Å². The third kappa shape index (κ3) is 2.36. The van der Waals surface area contributed by atoms with E-state index < -0.39 is 11.2 Å². The molecule has 1 unspecified atom stereocenters. The van der Waals surface area contributed by atoms with Gasteiger partial charge in [0, 0.05) is 0 Å². The number of carboxylic acids is 1. The molecule has 0 aliphatic carbocycles. The minimum Gasteiger partial charge on any atom is -0.480 e. The highest BCUT2D eigenvalue weighted by Gasteiger charge is 2.13. The second-order valence-corrected chi connectivity index (χ2v) is 4.70. The summed E-state index contributed by atoms with van der Waals surface area (Å²) in [6.07, 6.45) is 0. The molecular weight excluding hydrogens is 226 g/mol. The maximum atomic E-state index is 10.6. The molecule has 0 bridgehead atoms. The zero-order valence-corrected chi connectivity index (χ0v) is 9.53. The summed E-state index contributed by atoms with van der Waals surface area (Å²) in [5.74, 6) is 0.225. The molecule has 0 saturated heterocycles. The van der Waals surface area contributed by atoms with Gasteiger partial charge in [-0.25, -0.2) is 4.98 Å². The van der Waals surface area contributed by atoms with Crippen molar-refractivity contribution in [2.24, 2.45) is 0 Å². The Balaban J connectivity index is 2.07. The molecule has 1 aromatic heterocycles. The number of aliphatic carboxylic acids is 1. The number of carbonyl (C=O) groups is 1. The van der Waals surface area contributed by atoms with Crippen LogP contribution in [-0.4, -0.2) is 21.3 Å². The number of fused-ring (bicyclic) bond motifs is 1. The van der Waals surface area contributed by atoms with E-state index in [1.54, 1.807) is 6.92 Å². The van der Waals surface area contributed by atoms with E-state index in [1.165, 1.54) is 11.8 Å². The van der Waals surface area contributed by atoms with Crippen molar-refractivity contribution in [1.82, 2.24) is 4.98 Å². The summed E-state index contributed by atoms with van der Waals surface area (Å²) < 4.78 is 5.47. The predicted octanol–water partition coefficient (Wildman–Crippen LogP) is 2.53. The van der Waals surface area contributed by atoms with Gasteiger partial charge in [0.1, 0.15) is 5.52 Å². The molecule has 0 aliphatic rings. The largest absolute Gasteiger partial charge is 0.480 e. The van der Waals surface area contributed by atoms with Gasteiger partial charge in [0.15, 0.2) is 5.58 Å². The lowest BCUT2D eigenvalue weighted by Gasteiger charge is -2.02. The molecule has 0 saturated carbocycles. The quantitative estimate of drug-likeness (QED) is 0.885. The lowest BCUT2D eigenvalue weighted by molar-refractivity contribution is -0.136. The summed E-state index contributed by atoms with van der Waals surface area (Å²) in [4.78, 5) is 14.9. The van der Waals surface area contributed by atoms with E-state index >= 15 is 0 Å². The highest BCUT2D eigenvalue weighted by atomic mass is 32.2. The number of carboxylic acid groups (broad SMARTS) is 1. The van der Waals surface area contributed by atoms with Gasteiger partial charge in [-0.15, -0.1) is 11.8 Å². The molecule has 1 aromatic carbocycles. The normalized spacial score (nSPS) is 12.8. The third-order valence-corrected chi connectivity index (χ3v) is 3.26. The lowest BCUT2D eigenvalue weighted by Crippen LogP contribution is -2.11. The smallest absolute Gasteiger partial charge is 0.316 e. The minimum atomic E-state index is -0.818. The van der Waals surface area contributed by atoms with Crippen LogP contribution in [0.15, 0.2) is 28.7 Å². The molecule has 84 valence electrons. The predicted molar refractivity (Wildman–Crippen MR) is 62.4 cm³/mol. The zero-order chi connectivity index (χ0) is 11.5. The number of benzene rings is 1. The van der Waals surface area contributed by atoms with Gasteiger partial charge in [-0.1, -0.05) is 12.1 Å². The van der Waals surface area contributed by atoms with Crippen molar-refractivity contribution in [1.29, 1.82) is 0 Å². The van der Waals surface area contributed by atoms with Crippen LogP contribution in [0, 0.1) is 0 Å². The van der Waals surface area contributed by atoms with Crippen LogP contribution in [0.25, 0.3) is 11.1 Å². The Morgan fingerprint density at radius 3 is 3.00 bits per heavy atom. The first kappa shape index (κ1) is 11.0. The fourth-order valence-electron chi connectivity index (χ4n) is 1.25. The van der Waals surface area contributed by atoms with Crippen LogP contribution in [0.3, 0.4) is 0 Å². The van der Waals surface area contributed by atoms with Crippen molar-refractivity contribution in [3.8, 4) is 0 Å². The van der Waals surface area contributed by atoms with Gasteiger partial charge >= 0.3 is 5.97 Å². The molecule has 0 spiro atoms. The monoisotopic (exact) mass is 237 g/mol. The van der Waals surface area contributed by atoms with Crippen LogP contribution in [0.5, 0.6) is 0 Å². The fraction of sp³-hybridized carbons (Fsp3) is 0.273. The number of thioether (sulfide) groups is 1. The number of hydrogen-bond acceptors (Lipinski definition) is 4. The second kappa shape index (κ2) is 4.57. The van der Waals surface area contributed by atoms with Crippen molar-refractivity contribution < 1.29 is 14.3 Å². The molecular formula is C11H11NO3S. The lowest BCUT2D eigenvalue weighted by atomic mass is 10.3. The first-order chi connectivity index (χ1) is 7.66. The Bertz CT molecular complexity index is 476. The first-order valence-corrected chi connectivity index (χ1v) is 5.90. The summed E-state index contributed by atoms with van der Waals surface area (Å²) in [7, 11) is 0. The summed E-state index contributed by atoms with van der Waals surface area (Å²) in [5.41, 5.74) is 1.54. The molecule has 0 amide bonds. The summed E-state index contributed by atoms with van der Waals surface area (Å²) >= 11 is 1.30. The number of para-hydroxylation sites is 2. The van der Waals surface area contributed by atoms with E-state index in [4.69, 9.17) is 9.52 Å². The van der Waals surface area contributed by atoms with Gasteiger partial charge in [-0.3, -0.25) is 4.79 Å². The zero-order valence-electron chi connectivity index (χ0n) is 8.71. The molecule has 16 heavy (non-hydrogen) atoms. The average molecular weight is 237 g/mol. The number of hydrogen-bond donors (Lipinski definition) is 1. The molecule has 0 aliphatic heterocycles. The van der Waals surface area contributed by atoms with Crippen molar-refractivity contribution >= 4 is 28.8 Å². The molecule has 4 nitrogen and oxygen atoms in total. The standard InChI is InChI=1S/C11H11NO3S/c1-7(11(13)14)16-6-10-12-8-4-2-3-5-9(8)15-10/h2-5,7H,6H2,1H3,(H,13,14). The molecule has 0 radical (unpaired) electrons. The summed E-state index contributed by atoms with van der Waals surface area (Å²) in [6.45, 7) is 1.65. The van der Waals surface area contributed by atoms with Crippen LogP contribution in [-0.2, 0) is 10.5 Å². The summed E-state index contributed by atoms with van der Waals surface area (Å²) in [5, 5.41) is 8.28. The molecule has 1 N–H and O–H groups in total. The van der Waals surface area contributed by atoms with Crippen molar-refractivity contribution in [3.05, 3.63) is 30.2 Å². The molecule has 0 fully saturated rings. The molecule has 1 atom stereocenters. The Morgan fingerprint density at radius 2 is 2.31 bits per heavy atom. The molecule has 2 rings (SSSR count). The molecule has 2 aromatic rings. The first-order valence-electron chi connectivity index (χ1n) is 4.85. The second-order valence-electron chi connectivity index (χ2n) is 3.37. The van der Waals surface area contributed by atoms with Crippen molar-refractivity contribution in [2.45, 2.75) is 17.9 Å².